The number of hydrogen-bond donors (Lipinski definition) is 1. The van der Waals surface area contributed by atoms with Crippen LogP contribution in [0.5, 0.6) is 0 Å². The molecule has 0 fully saturated rings. The van der Waals surface area contributed by atoms with Crippen molar-refractivity contribution in [3.05, 3.63) is 70.8 Å². The van der Waals surface area contributed by atoms with Crippen molar-refractivity contribution >= 4 is 37.7 Å². The van der Waals surface area contributed by atoms with Crippen LogP contribution < -0.4 is 5.32 Å². The molecule has 3 rings (SSSR count). The molecule has 9 heteroatoms. The Morgan fingerprint density at radius 1 is 1.09 bits per heavy atom. The summed E-state index contributed by atoms with van der Waals surface area (Å²) in [7, 11) is -3.86. The van der Waals surface area contributed by atoms with Crippen molar-refractivity contribution in [1.82, 2.24) is 14.1 Å². The van der Waals surface area contributed by atoms with Gasteiger partial charge < -0.3 is 5.32 Å². The van der Waals surface area contributed by atoms with Gasteiger partial charge in [-0.25, -0.2) is 13.1 Å². The first-order chi connectivity index (χ1) is 15.4. The number of aromatic nitrogens is 2. The van der Waals surface area contributed by atoms with Gasteiger partial charge in [-0.15, -0.1) is 0 Å². The zero-order valence-electron chi connectivity index (χ0n) is 19.4. The Balaban J connectivity index is 1.90. The van der Waals surface area contributed by atoms with E-state index >= 15 is 0 Å². The van der Waals surface area contributed by atoms with Gasteiger partial charge in [0.1, 0.15) is 5.82 Å². The Morgan fingerprint density at radius 3 is 2.24 bits per heavy atom. The number of hydrogen-bond acceptors (Lipinski definition) is 4. The highest BCUT2D eigenvalue weighted by molar-refractivity contribution is 9.10. The van der Waals surface area contributed by atoms with E-state index in [1.165, 1.54) is 16.4 Å². The topological polar surface area (TPSA) is 84.3 Å². The third-order valence-corrected chi connectivity index (χ3v) is 7.61. The standard InChI is InChI=1S/C24H29BrN4O3S/c1-17(2)28(33(31,32)20-13-11-18(25)12-14-20)16-23(30)26-22-15-21(24(3,4)5)27-29(22)19-9-7-6-8-10-19/h6-15,17H,16H2,1-5H3,(H,26,30). The molecule has 33 heavy (non-hydrogen) atoms. The summed E-state index contributed by atoms with van der Waals surface area (Å²) in [6.07, 6.45) is 0. The molecule has 0 bridgehead atoms. The summed E-state index contributed by atoms with van der Waals surface area (Å²) in [5, 5.41) is 7.56. The zero-order chi connectivity index (χ0) is 24.4. The predicted octanol–water partition coefficient (Wildman–Crippen LogP) is 4.97. The van der Waals surface area contributed by atoms with Crippen LogP contribution in [0.3, 0.4) is 0 Å². The Kier molecular flexibility index (Phi) is 7.45. The summed E-state index contributed by atoms with van der Waals surface area (Å²) in [5.74, 6) is 0.0443. The fraction of sp³-hybridized carbons (Fsp3) is 0.333. The van der Waals surface area contributed by atoms with E-state index in [1.807, 2.05) is 57.2 Å². The second kappa shape index (κ2) is 9.79. The molecule has 1 amide bonds. The molecular weight excluding hydrogens is 504 g/mol. The van der Waals surface area contributed by atoms with Crippen molar-refractivity contribution in [2.75, 3.05) is 11.9 Å². The van der Waals surface area contributed by atoms with Gasteiger partial charge >= 0.3 is 0 Å². The molecule has 176 valence electrons. The first-order valence-electron chi connectivity index (χ1n) is 10.6. The Hall–Kier alpha value is -2.49. The van der Waals surface area contributed by atoms with E-state index in [2.05, 4.69) is 26.3 Å². The maximum absolute atomic E-state index is 13.2. The lowest BCUT2D eigenvalue weighted by molar-refractivity contribution is -0.116. The summed E-state index contributed by atoms with van der Waals surface area (Å²) in [6, 6.07) is 17.3. The number of rotatable bonds is 7. The number of nitrogens with zero attached hydrogens (tertiary/aromatic N) is 3. The molecular formula is C24H29BrN4O3S. The normalized spacial score (nSPS) is 12.4. The highest BCUT2D eigenvalue weighted by atomic mass is 79.9. The molecule has 0 aliphatic carbocycles. The number of halogens is 1. The molecule has 2 aromatic carbocycles. The summed E-state index contributed by atoms with van der Waals surface area (Å²) in [5.41, 5.74) is 1.38. The van der Waals surface area contributed by atoms with Gasteiger partial charge in [-0.05, 0) is 50.2 Å². The molecule has 0 unspecified atom stereocenters. The van der Waals surface area contributed by atoms with Crippen LogP contribution in [0.2, 0.25) is 0 Å². The van der Waals surface area contributed by atoms with E-state index in [1.54, 1.807) is 30.7 Å². The molecule has 0 radical (unpaired) electrons. The van der Waals surface area contributed by atoms with Gasteiger partial charge in [0.15, 0.2) is 0 Å². The number of carbonyl (C=O) groups excluding carboxylic acids is 1. The molecule has 1 heterocycles. The quantitative estimate of drug-likeness (QED) is 0.465. The van der Waals surface area contributed by atoms with Crippen LogP contribution >= 0.6 is 15.9 Å². The van der Waals surface area contributed by atoms with Crippen molar-refractivity contribution < 1.29 is 13.2 Å². The van der Waals surface area contributed by atoms with Crippen LogP contribution in [0, 0.1) is 0 Å². The van der Waals surface area contributed by atoms with Crippen LogP contribution in [0.25, 0.3) is 5.69 Å². The molecule has 1 N–H and O–H groups in total. The lowest BCUT2D eigenvalue weighted by Gasteiger charge is -2.25. The molecule has 0 saturated heterocycles. The Labute approximate surface area is 204 Å². The molecule has 0 saturated carbocycles. The maximum Gasteiger partial charge on any atom is 0.243 e. The molecule has 1 aromatic heterocycles. The molecule has 3 aromatic rings. The number of nitrogens with one attached hydrogen (secondary N) is 1. The van der Waals surface area contributed by atoms with Crippen LogP contribution in [0.4, 0.5) is 5.82 Å². The number of benzene rings is 2. The summed E-state index contributed by atoms with van der Waals surface area (Å²) < 4.78 is 30.1. The molecule has 0 aliphatic heterocycles. The number of para-hydroxylation sites is 1. The first kappa shape index (κ1) is 25.1. The highest BCUT2D eigenvalue weighted by Gasteiger charge is 2.30. The highest BCUT2D eigenvalue weighted by Crippen LogP contribution is 2.27. The van der Waals surface area contributed by atoms with Gasteiger partial charge in [-0.2, -0.15) is 9.40 Å². The van der Waals surface area contributed by atoms with Crippen molar-refractivity contribution in [2.24, 2.45) is 0 Å². The molecule has 0 aliphatic rings. The van der Waals surface area contributed by atoms with Crippen LogP contribution in [-0.2, 0) is 20.2 Å². The smallest absolute Gasteiger partial charge is 0.243 e. The van der Waals surface area contributed by atoms with E-state index in [0.29, 0.717) is 5.82 Å². The van der Waals surface area contributed by atoms with E-state index < -0.39 is 22.0 Å². The summed E-state index contributed by atoms with van der Waals surface area (Å²) >= 11 is 3.32. The largest absolute Gasteiger partial charge is 0.309 e. The molecule has 0 atom stereocenters. The van der Waals surface area contributed by atoms with Crippen molar-refractivity contribution in [3.63, 3.8) is 0 Å². The van der Waals surface area contributed by atoms with E-state index in [9.17, 15) is 13.2 Å². The predicted molar refractivity (Wildman–Crippen MR) is 134 cm³/mol. The third-order valence-electron chi connectivity index (χ3n) is 5.04. The second-order valence-electron chi connectivity index (χ2n) is 9.06. The maximum atomic E-state index is 13.2. The Morgan fingerprint density at radius 2 is 1.70 bits per heavy atom. The fourth-order valence-corrected chi connectivity index (χ4v) is 5.07. The minimum atomic E-state index is -3.86. The second-order valence-corrected chi connectivity index (χ2v) is 11.9. The average Bonchev–Trinajstić information content (AvgIpc) is 3.17. The SMILES string of the molecule is CC(C)N(CC(=O)Nc1cc(C(C)(C)C)nn1-c1ccccc1)S(=O)(=O)c1ccc(Br)cc1. The van der Waals surface area contributed by atoms with Crippen molar-refractivity contribution in [2.45, 2.75) is 51.0 Å². The monoisotopic (exact) mass is 532 g/mol. The minimum absolute atomic E-state index is 0.136. The number of sulfonamides is 1. The van der Waals surface area contributed by atoms with E-state index in [-0.39, 0.29) is 16.9 Å². The number of anilines is 1. The number of amides is 1. The van der Waals surface area contributed by atoms with Crippen LogP contribution in [-0.4, -0.2) is 41.0 Å². The fourth-order valence-electron chi connectivity index (χ4n) is 3.21. The van der Waals surface area contributed by atoms with E-state index in [4.69, 9.17) is 0 Å². The van der Waals surface area contributed by atoms with E-state index in [0.717, 1.165) is 15.9 Å². The average molecular weight is 533 g/mol. The van der Waals surface area contributed by atoms with Gasteiger partial charge in [0.05, 0.1) is 22.8 Å². The van der Waals surface area contributed by atoms with Gasteiger partial charge in [0.2, 0.25) is 15.9 Å². The lowest BCUT2D eigenvalue weighted by Crippen LogP contribution is -2.42. The van der Waals surface area contributed by atoms with Gasteiger partial charge in [-0.1, -0.05) is 54.9 Å². The van der Waals surface area contributed by atoms with Gasteiger partial charge in [0.25, 0.3) is 0 Å². The van der Waals surface area contributed by atoms with Crippen LogP contribution in [0.15, 0.2) is 70.0 Å². The Bertz CT molecular complexity index is 1210. The van der Waals surface area contributed by atoms with Crippen LogP contribution in [0.1, 0.15) is 40.3 Å². The molecule has 0 spiro atoms. The summed E-state index contributed by atoms with van der Waals surface area (Å²) in [4.78, 5) is 13.2. The number of carbonyl (C=O) groups is 1. The zero-order valence-corrected chi connectivity index (χ0v) is 21.8. The van der Waals surface area contributed by atoms with Crippen molar-refractivity contribution in [1.29, 1.82) is 0 Å². The van der Waals surface area contributed by atoms with Gasteiger partial charge in [0, 0.05) is 22.0 Å². The first-order valence-corrected chi connectivity index (χ1v) is 12.9. The van der Waals surface area contributed by atoms with Crippen molar-refractivity contribution in [3.8, 4) is 5.69 Å². The third kappa shape index (κ3) is 5.90. The lowest BCUT2D eigenvalue weighted by atomic mass is 9.92. The summed E-state index contributed by atoms with van der Waals surface area (Å²) in [6.45, 7) is 9.30. The minimum Gasteiger partial charge on any atom is -0.309 e. The van der Waals surface area contributed by atoms with Gasteiger partial charge in [-0.3, -0.25) is 4.79 Å². The molecule has 7 nitrogen and oxygen atoms in total.